The summed E-state index contributed by atoms with van der Waals surface area (Å²) in [5.74, 6) is 1.84. The van der Waals surface area contributed by atoms with Crippen molar-refractivity contribution in [1.29, 1.82) is 0 Å². The summed E-state index contributed by atoms with van der Waals surface area (Å²) in [6, 6.07) is 10.2. The summed E-state index contributed by atoms with van der Waals surface area (Å²) in [7, 11) is 3.29. The van der Waals surface area contributed by atoms with E-state index in [1.165, 1.54) is 11.1 Å². The van der Waals surface area contributed by atoms with Crippen molar-refractivity contribution in [2.24, 2.45) is 5.92 Å². The summed E-state index contributed by atoms with van der Waals surface area (Å²) in [5, 5.41) is 2.98. The fraction of sp³-hybridized carbons (Fsp3) is 0.519. The number of benzene rings is 1. The first-order chi connectivity index (χ1) is 17.6. The number of amides is 3. The van der Waals surface area contributed by atoms with E-state index < -0.39 is 0 Å². The Kier molecular flexibility index (Phi) is 7.27. The molecule has 1 aromatic heterocycles. The summed E-state index contributed by atoms with van der Waals surface area (Å²) >= 11 is 0. The number of urea groups is 1. The predicted molar refractivity (Wildman–Crippen MR) is 133 cm³/mol. The first-order valence-corrected chi connectivity index (χ1v) is 12.6. The first kappa shape index (κ1) is 24.4. The van der Waals surface area contributed by atoms with Gasteiger partial charge in [0.25, 0.3) is 0 Å². The van der Waals surface area contributed by atoms with Gasteiger partial charge in [-0.15, -0.1) is 0 Å². The zero-order chi connectivity index (χ0) is 25.1. The minimum atomic E-state index is -0.123. The van der Waals surface area contributed by atoms with Gasteiger partial charge in [0.05, 0.1) is 26.4 Å². The molecule has 3 amide bonds. The lowest BCUT2D eigenvalue weighted by atomic mass is 9.76. The maximum atomic E-state index is 13.3. The Hall–Kier alpha value is -3.33. The van der Waals surface area contributed by atoms with Gasteiger partial charge in [0.15, 0.2) is 11.5 Å². The SMILES string of the molecule is COc1ccc(C(c2ccncc2)C2CCN(C(=O)N3CC[C@@H]4OCC(=O)N[C@@H]4C3)CC2)cc1OC. The molecule has 5 rings (SSSR count). The van der Waals surface area contributed by atoms with E-state index in [-0.39, 0.29) is 36.6 Å². The number of methoxy groups -OCH3 is 2. The van der Waals surface area contributed by atoms with Gasteiger partial charge in [0.2, 0.25) is 5.91 Å². The van der Waals surface area contributed by atoms with Gasteiger partial charge in [-0.1, -0.05) is 6.07 Å². The molecule has 1 aromatic carbocycles. The maximum Gasteiger partial charge on any atom is 0.320 e. The van der Waals surface area contributed by atoms with E-state index in [0.29, 0.717) is 43.6 Å². The molecular formula is C27H34N4O5. The third-order valence-electron chi connectivity index (χ3n) is 7.71. The number of hydrogen-bond donors (Lipinski definition) is 1. The van der Waals surface area contributed by atoms with Crippen LogP contribution in [0.5, 0.6) is 11.5 Å². The molecule has 2 aromatic rings. The Labute approximate surface area is 211 Å². The minimum Gasteiger partial charge on any atom is -0.493 e. The summed E-state index contributed by atoms with van der Waals surface area (Å²) < 4.78 is 16.7. The van der Waals surface area contributed by atoms with Gasteiger partial charge < -0.3 is 29.3 Å². The maximum absolute atomic E-state index is 13.3. The molecule has 0 aliphatic carbocycles. The van der Waals surface area contributed by atoms with Crippen molar-refractivity contribution in [3.63, 3.8) is 0 Å². The standard InChI is InChI=1S/C27H34N4O5/c1-34-23-4-3-20(15-24(23)35-2)26(18-5-10-28-11-6-18)19-7-12-30(13-8-19)27(33)31-14-9-22-21(16-31)29-25(32)17-36-22/h3-6,10-11,15,19,21-22,26H,7-9,12-14,16-17H2,1-2H3,(H,29,32)/t21-,22+,26?/m1/s1. The van der Waals surface area contributed by atoms with Crippen LogP contribution in [0, 0.1) is 5.92 Å². The van der Waals surface area contributed by atoms with Crippen LogP contribution in [-0.4, -0.2) is 85.9 Å². The number of aromatic nitrogens is 1. The highest BCUT2D eigenvalue weighted by atomic mass is 16.5. The lowest BCUT2D eigenvalue weighted by Crippen LogP contribution is -2.62. The molecule has 0 radical (unpaired) electrons. The Bertz CT molecular complexity index is 1070. The molecule has 0 spiro atoms. The van der Waals surface area contributed by atoms with E-state index in [0.717, 1.165) is 19.3 Å². The molecule has 9 heteroatoms. The molecule has 9 nitrogen and oxygen atoms in total. The number of nitrogens with one attached hydrogen (secondary N) is 1. The topological polar surface area (TPSA) is 93.2 Å². The second-order valence-electron chi connectivity index (χ2n) is 9.74. The monoisotopic (exact) mass is 494 g/mol. The molecule has 192 valence electrons. The minimum absolute atomic E-state index is 0.0000877. The lowest BCUT2D eigenvalue weighted by molar-refractivity contribution is -0.139. The van der Waals surface area contributed by atoms with Crippen molar-refractivity contribution < 1.29 is 23.8 Å². The van der Waals surface area contributed by atoms with E-state index in [2.05, 4.69) is 34.6 Å². The van der Waals surface area contributed by atoms with E-state index in [9.17, 15) is 9.59 Å². The van der Waals surface area contributed by atoms with Gasteiger partial charge >= 0.3 is 6.03 Å². The van der Waals surface area contributed by atoms with Crippen LogP contribution < -0.4 is 14.8 Å². The van der Waals surface area contributed by atoms with E-state index in [1.807, 2.05) is 28.3 Å². The Morgan fingerprint density at radius 3 is 2.44 bits per heavy atom. The van der Waals surface area contributed by atoms with Crippen LogP contribution in [0.25, 0.3) is 0 Å². The third kappa shape index (κ3) is 4.97. The van der Waals surface area contributed by atoms with Crippen molar-refractivity contribution >= 4 is 11.9 Å². The summed E-state index contributed by atoms with van der Waals surface area (Å²) in [6.45, 7) is 2.67. The van der Waals surface area contributed by atoms with Gasteiger partial charge in [-0.05, 0) is 60.6 Å². The number of ether oxygens (including phenoxy) is 3. The fourth-order valence-electron chi connectivity index (χ4n) is 5.85. The predicted octanol–water partition coefficient (Wildman–Crippen LogP) is 2.65. The molecule has 1 N–H and O–H groups in total. The smallest absolute Gasteiger partial charge is 0.320 e. The van der Waals surface area contributed by atoms with Crippen molar-refractivity contribution in [3.05, 3.63) is 53.9 Å². The number of piperidine rings is 2. The number of carbonyl (C=O) groups is 2. The van der Waals surface area contributed by atoms with Crippen LogP contribution in [0.4, 0.5) is 4.79 Å². The highest BCUT2D eigenvalue weighted by Gasteiger charge is 2.38. The van der Waals surface area contributed by atoms with Crippen LogP contribution >= 0.6 is 0 Å². The molecule has 4 heterocycles. The van der Waals surface area contributed by atoms with Gasteiger partial charge in [0, 0.05) is 44.5 Å². The second kappa shape index (κ2) is 10.7. The molecular weight excluding hydrogens is 460 g/mol. The lowest BCUT2D eigenvalue weighted by Gasteiger charge is -2.44. The van der Waals surface area contributed by atoms with Crippen LogP contribution in [0.3, 0.4) is 0 Å². The highest BCUT2D eigenvalue weighted by Crippen LogP contribution is 2.41. The number of rotatable bonds is 5. The number of nitrogens with zero attached hydrogens (tertiary/aromatic N) is 3. The number of likely N-dealkylation sites (tertiary alicyclic amines) is 2. The average Bonchev–Trinajstić information content (AvgIpc) is 2.93. The quantitative estimate of drug-likeness (QED) is 0.687. The Morgan fingerprint density at radius 2 is 1.72 bits per heavy atom. The third-order valence-corrected chi connectivity index (χ3v) is 7.71. The number of fused-ring (bicyclic) bond motifs is 1. The van der Waals surface area contributed by atoms with Gasteiger partial charge in [-0.2, -0.15) is 0 Å². The summed E-state index contributed by atoms with van der Waals surface area (Å²) in [5.41, 5.74) is 2.37. The summed E-state index contributed by atoms with van der Waals surface area (Å²) in [6.07, 6.45) is 6.20. The van der Waals surface area contributed by atoms with E-state index in [4.69, 9.17) is 14.2 Å². The molecule has 36 heavy (non-hydrogen) atoms. The number of morpholine rings is 1. The number of carbonyl (C=O) groups excluding carboxylic acids is 2. The Balaban J connectivity index is 1.28. The fourth-order valence-corrected chi connectivity index (χ4v) is 5.85. The van der Waals surface area contributed by atoms with Crippen molar-refractivity contribution in [2.45, 2.75) is 37.3 Å². The zero-order valence-electron chi connectivity index (χ0n) is 20.9. The first-order valence-electron chi connectivity index (χ1n) is 12.6. The molecule has 0 bridgehead atoms. The van der Waals surface area contributed by atoms with Gasteiger partial charge in [-0.25, -0.2) is 4.79 Å². The zero-order valence-corrected chi connectivity index (χ0v) is 20.9. The Morgan fingerprint density at radius 1 is 1.00 bits per heavy atom. The largest absolute Gasteiger partial charge is 0.493 e. The van der Waals surface area contributed by atoms with E-state index >= 15 is 0 Å². The van der Waals surface area contributed by atoms with Crippen LogP contribution in [-0.2, 0) is 9.53 Å². The molecule has 0 saturated carbocycles. The molecule has 1 unspecified atom stereocenters. The molecule has 3 atom stereocenters. The number of hydrogen-bond acceptors (Lipinski definition) is 6. The van der Waals surface area contributed by atoms with Crippen LogP contribution in [0.1, 0.15) is 36.3 Å². The van der Waals surface area contributed by atoms with Crippen LogP contribution in [0.15, 0.2) is 42.7 Å². The highest BCUT2D eigenvalue weighted by molar-refractivity contribution is 5.79. The van der Waals surface area contributed by atoms with E-state index in [1.54, 1.807) is 14.2 Å². The molecule has 3 fully saturated rings. The van der Waals surface area contributed by atoms with Crippen LogP contribution in [0.2, 0.25) is 0 Å². The second-order valence-corrected chi connectivity index (χ2v) is 9.74. The molecule has 3 aliphatic rings. The average molecular weight is 495 g/mol. The van der Waals surface area contributed by atoms with Gasteiger partial charge in [-0.3, -0.25) is 9.78 Å². The van der Waals surface area contributed by atoms with Crippen molar-refractivity contribution in [3.8, 4) is 11.5 Å². The van der Waals surface area contributed by atoms with Crippen molar-refractivity contribution in [1.82, 2.24) is 20.1 Å². The number of pyridine rings is 1. The molecule has 3 aliphatic heterocycles. The normalized spacial score (nSPS) is 23.4. The molecule has 3 saturated heterocycles. The van der Waals surface area contributed by atoms with Gasteiger partial charge in [0.1, 0.15) is 6.61 Å². The summed E-state index contributed by atoms with van der Waals surface area (Å²) in [4.78, 5) is 33.1. The van der Waals surface area contributed by atoms with Crippen molar-refractivity contribution in [2.75, 3.05) is 47.0 Å².